The van der Waals surface area contributed by atoms with E-state index in [2.05, 4.69) is 28.9 Å². The summed E-state index contributed by atoms with van der Waals surface area (Å²) in [6, 6.07) is 16.1. The Morgan fingerprint density at radius 1 is 1.17 bits per heavy atom. The van der Waals surface area contributed by atoms with Gasteiger partial charge in [0.15, 0.2) is 0 Å². The van der Waals surface area contributed by atoms with Crippen molar-refractivity contribution in [2.24, 2.45) is 0 Å². The normalized spacial score (nSPS) is 12.0. The summed E-state index contributed by atoms with van der Waals surface area (Å²) in [6.45, 7) is 0.555. The van der Waals surface area contributed by atoms with Crippen molar-refractivity contribution in [2.45, 2.75) is 17.2 Å². The molecule has 3 nitrogen and oxygen atoms in total. The lowest BCUT2D eigenvalue weighted by atomic mass is 9.99. The van der Waals surface area contributed by atoms with Crippen LogP contribution in [-0.2, 0) is 4.79 Å². The molecule has 0 saturated heterocycles. The molecule has 0 bridgehead atoms. The van der Waals surface area contributed by atoms with Crippen LogP contribution in [0.1, 0.15) is 23.7 Å². The zero-order valence-electron chi connectivity index (χ0n) is 13.2. The van der Waals surface area contributed by atoms with E-state index in [1.807, 2.05) is 35.7 Å². The summed E-state index contributed by atoms with van der Waals surface area (Å²) < 4.78 is 5.54. The number of thioether (sulfide) groups is 1. The van der Waals surface area contributed by atoms with Crippen LogP contribution in [0, 0.1) is 0 Å². The summed E-state index contributed by atoms with van der Waals surface area (Å²) in [6.07, 6.45) is 2.18. The third-order valence-electron chi connectivity index (χ3n) is 3.68. The van der Waals surface area contributed by atoms with Gasteiger partial charge in [0.1, 0.15) is 5.76 Å². The molecule has 24 heavy (non-hydrogen) atoms. The first kappa shape index (κ1) is 16.9. The van der Waals surface area contributed by atoms with Crippen molar-refractivity contribution in [1.82, 2.24) is 5.32 Å². The lowest BCUT2D eigenvalue weighted by molar-refractivity contribution is -0.120. The van der Waals surface area contributed by atoms with Crippen LogP contribution in [0.5, 0.6) is 0 Å². The molecule has 2 heterocycles. The van der Waals surface area contributed by atoms with Gasteiger partial charge >= 0.3 is 0 Å². The first-order chi connectivity index (χ1) is 11.8. The fourth-order valence-corrected chi connectivity index (χ4v) is 4.02. The molecule has 0 radical (unpaired) electrons. The maximum absolute atomic E-state index is 12.1. The van der Waals surface area contributed by atoms with E-state index in [1.165, 1.54) is 10.5 Å². The van der Waals surface area contributed by atoms with Gasteiger partial charge in [-0.25, -0.2) is 0 Å². The van der Waals surface area contributed by atoms with Gasteiger partial charge in [-0.15, -0.1) is 11.8 Å². The molecule has 1 aromatic carbocycles. The van der Waals surface area contributed by atoms with E-state index in [0.29, 0.717) is 13.0 Å². The predicted octanol–water partition coefficient (Wildman–Crippen LogP) is 4.77. The van der Waals surface area contributed by atoms with Gasteiger partial charge in [0, 0.05) is 23.6 Å². The van der Waals surface area contributed by atoms with Gasteiger partial charge in [-0.1, -0.05) is 18.2 Å². The maximum Gasteiger partial charge on any atom is 0.220 e. The summed E-state index contributed by atoms with van der Waals surface area (Å²) in [5.74, 6) is 1.80. The lowest BCUT2D eigenvalue weighted by Crippen LogP contribution is -2.28. The molecule has 0 aliphatic rings. The predicted molar refractivity (Wildman–Crippen MR) is 99.7 cm³/mol. The summed E-state index contributed by atoms with van der Waals surface area (Å²) in [5, 5.41) is 7.18. The molecule has 1 amide bonds. The zero-order valence-corrected chi connectivity index (χ0v) is 14.8. The highest BCUT2D eigenvalue weighted by Crippen LogP contribution is 2.26. The van der Waals surface area contributed by atoms with Gasteiger partial charge in [-0.2, -0.15) is 11.3 Å². The fourth-order valence-electron chi connectivity index (χ4n) is 2.43. The van der Waals surface area contributed by atoms with Crippen LogP contribution in [0.15, 0.2) is 74.9 Å². The minimum Gasteiger partial charge on any atom is -0.469 e. The number of rotatable bonds is 8. The Labute approximate surface area is 150 Å². The second-order valence-corrected chi connectivity index (χ2v) is 7.29. The molecule has 0 saturated carbocycles. The van der Waals surface area contributed by atoms with E-state index < -0.39 is 0 Å². The number of amides is 1. The van der Waals surface area contributed by atoms with Crippen LogP contribution in [0.3, 0.4) is 0 Å². The third kappa shape index (κ3) is 4.76. The SMILES string of the molecule is O=C(CCSc1ccccc1)NCC(c1ccsc1)c1ccco1. The molecule has 5 heteroatoms. The third-order valence-corrected chi connectivity index (χ3v) is 5.39. The molecule has 1 atom stereocenters. The molecule has 0 spiro atoms. The monoisotopic (exact) mass is 357 g/mol. The van der Waals surface area contributed by atoms with E-state index in [9.17, 15) is 4.79 Å². The Balaban J connectivity index is 1.49. The van der Waals surface area contributed by atoms with Gasteiger partial charge in [0.05, 0.1) is 12.2 Å². The smallest absolute Gasteiger partial charge is 0.220 e. The van der Waals surface area contributed by atoms with Gasteiger partial charge < -0.3 is 9.73 Å². The minimum absolute atomic E-state index is 0.0666. The van der Waals surface area contributed by atoms with Gasteiger partial charge in [-0.05, 0) is 46.7 Å². The van der Waals surface area contributed by atoms with E-state index in [4.69, 9.17) is 4.42 Å². The molecular formula is C19H19NO2S2. The number of furan rings is 1. The molecule has 2 aromatic heterocycles. The molecule has 1 unspecified atom stereocenters. The highest BCUT2D eigenvalue weighted by Gasteiger charge is 2.18. The van der Waals surface area contributed by atoms with Crippen molar-refractivity contribution in [3.05, 3.63) is 76.9 Å². The lowest BCUT2D eigenvalue weighted by Gasteiger charge is -2.14. The number of carbonyl (C=O) groups is 1. The van der Waals surface area contributed by atoms with Gasteiger partial charge in [0.25, 0.3) is 0 Å². The first-order valence-corrected chi connectivity index (χ1v) is 9.76. The number of benzene rings is 1. The number of nitrogens with one attached hydrogen (secondary N) is 1. The Kier molecular flexibility index (Phi) is 6.15. The van der Waals surface area contributed by atoms with Crippen LogP contribution in [0.25, 0.3) is 0 Å². The molecule has 1 N–H and O–H groups in total. The van der Waals surface area contributed by atoms with Gasteiger partial charge in [0.2, 0.25) is 5.91 Å². The van der Waals surface area contributed by atoms with E-state index in [0.717, 1.165) is 11.5 Å². The number of hydrogen-bond acceptors (Lipinski definition) is 4. The van der Waals surface area contributed by atoms with Crippen molar-refractivity contribution < 1.29 is 9.21 Å². The Morgan fingerprint density at radius 3 is 2.75 bits per heavy atom. The van der Waals surface area contributed by atoms with Gasteiger partial charge in [-0.3, -0.25) is 4.79 Å². The fraction of sp³-hybridized carbons (Fsp3) is 0.211. The molecule has 124 valence electrons. The van der Waals surface area contributed by atoms with E-state index >= 15 is 0 Å². The zero-order chi connectivity index (χ0) is 16.6. The molecule has 0 aliphatic heterocycles. The molecule has 0 fully saturated rings. The second-order valence-electron chi connectivity index (χ2n) is 5.34. The van der Waals surface area contributed by atoms with Crippen molar-refractivity contribution in [2.75, 3.05) is 12.3 Å². The molecular weight excluding hydrogens is 338 g/mol. The van der Waals surface area contributed by atoms with Crippen molar-refractivity contribution in [1.29, 1.82) is 0 Å². The van der Waals surface area contributed by atoms with Crippen molar-refractivity contribution >= 4 is 29.0 Å². The maximum atomic E-state index is 12.1. The summed E-state index contributed by atoms with van der Waals surface area (Å²) in [7, 11) is 0. The minimum atomic E-state index is 0.0666. The highest BCUT2D eigenvalue weighted by atomic mass is 32.2. The van der Waals surface area contributed by atoms with Crippen LogP contribution >= 0.6 is 23.1 Å². The Morgan fingerprint density at radius 2 is 2.04 bits per heavy atom. The van der Waals surface area contributed by atoms with Crippen LogP contribution < -0.4 is 5.32 Å². The number of carbonyl (C=O) groups excluding carboxylic acids is 1. The average Bonchev–Trinajstić information content (AvgIpc) is 3.30. The van der Waals surface area contributed by atoms with E-state index in [1.54, 1.807) is 29.4 Å². The quantitative estimate of drug-likeness (QED) is 0.590. The largest absolute Gasteiger partial charge is 0.469 e. The molecule has 3 rings (SSSR count). The summed E-state index contributed by atoms with van der Waals surface area (Å²) in [4.78, 5) is 13.3. The van der Waals surface area contributed by atoms with Crippen LogP contribution in [0.4, 0.5) is 0 Å². The number of thiophene rings is 1. The van der Waals surface area contributed by atoms with Crippen molar-refractivity contribution in [3.8, 4) is 0 Å². The topological polar surface area (TPSA) is 42.2 Å². The number of hydrogen-bond donors (Lipinski definition) is 1. The summed E-state index contributed by atoms with van der Waals surface area (Å²) in [5.41, 5.74) is 1.17. The second kappa shape index (κ2) is 8.76. The van der Waals surface area contributed by atoms with E-state index in [-0.39, 0.29) is 11.8 Å². The van der Waals surface area contributed by atoms with Crippen LogP contribution in [0.2, 0.25) is 0 Å². The Hall–Kier alpha value is -1.98. The molecule has 0 aliphatic carbocycles. The highest BCUT2D eigenvalue weighted by molar-refractivity contribution is 7.99. The summed E-state index contributed by atoms with van der Waals surface area (Å²) >= 11 is 3.35. The standard InChI is InChI=1S/C19H19NO2S2/c21-19(9-12-24-16-5-2-1-3-6-16)20-13-17(15-8-11-23-14-15)18-7-4-10-22-18/h1-8,10-11,14,17H,9,12-13H2,(H,20,21). The van der Waals surface area contributed by atoms with Crippen molar-refractivity contribution in [3.63, 3.8) is 0 Å². The van der Waals surface area contributed by atoms with Crippen LogP contribution in [-0.4, -0.2) is 18.2 Å². The average molecular weight is 358 g/mol. The Bertz CT molecular complexity index is 690. The molecule has 3 aromatic rings. The first-order valence-electron chi connectivity index (χ1n) is 7.83.